The molecule has 19 heavy (non-hydrogen) atoms. The van der Waals surface area contributed by atoms with Crippen LogP contribution in [0.15, 0.2) is 0 Å². The lowest BCUT2D eigenvalue weighted by atomic mass is 9.72. The molecule has 0 aromatic carbocycles. The average molecular weight is 268 g/mol. The van der Waals surface area contributed by atoms with Gasteiger partial charge in [-0.2, -0.15) is 0 Å². The summed E-state index contributed by atoms with van der Waals surface area (Å²) in [5, 5.41) is 3.17. The van der Waals surface area contributed by atoms with E-state index in [-0.39, 0.29) is 17.0 Å². The Morgan fingerprint density at radius 2 is 1.68 bits per heavy atom. The Labute approximate surface area is 116 Å². The van der Waals surface area contributed by atoms with E-state index in [0.717, 1.165) is 38.8 Å². The number of amides is 1. The largest absolute Gasteiger partial charge is 0.444 e. The van der Waals surface area contributed by atoms with Gasteiger partial charge >= 0.3 is 6.09 Å². The Kier molecular flexibility index (Phi) is 3.58. The number of likely N-dealkylation sites (tertiary alicyclic amines) is 1. The summed E-state index contributed by atoms with van der Waals surface area (Å²) in [5.41, 5.74) is -0.221. The normalized spacial score (nSPS) is 25.7. The standard InChI is InChI=1S/C15H28N2O2/c1-13(2,3)19-12(18)16-15(6-7-15)14(4)8-10-17(5)11-9-14/h6-11H2,1-5H3,(H,16,18). The van der Waals surface area contributed by atoms with Crippen LogP contribution in [0.3, 0.4) is 0 Å². The maximum Gasteiger partial charge on any atom is 0.408 e. The SMILES string of the molecule is CN1CCC(C)(C2(NC(=O)OC(C)(C)C)CC2)CC1. The van der Waals surface area contributed by atoms with Crippen LogP contribution in [0, 0.1) is 5.41 Å². The van der Waals surface area contributed by atoms with Gasteiger partial charge in [0.25, 0.3) is 0 Å². The summed E-state index contributed by atoms with van der Waals surface area (Å²) >= 11 is 0. The number of nitrogens with zero attached hydrogens (tertiary/aromatic N) is 1. The quantitative estimate of drug-likeness (QED) is 0.837. The number of nitrogens with one attached hydrogen (secondary N) is 1. The predicted octanol–water partition coefficient (Wildman–Crippen LogP) is 2.78. The molecule has 2 rings (SSSR count). The average Bonchev–Trinajstić information content (AvgIpc) is 3.01. The van der Waals surface area contributed by atoms with E-state index in [1.165, 1.54) is 0 Å². The second-order valence-electron chi connectivity index (χ2n) is 7.57. The van der Waals surface area contributed by atoms with Crippen molar-refractivity contribution in [3.05, 3.63) is 0 Å². The first-order chi connectivity index (χ1) is 8.66. The molecule has 0 bridgehead atoms. The van der Waals surface area contributed by atoms with Gasteiger partial charge in [-0.3, -0.25) is 0 Å². The van der Waals surface area contributed by atoms with E-state index in [2.05, 4.69) is 24.2 Å². The summed E-state index contributed by atoms with van der Waals surface area (Å²) in [5.74, 6) is 0. The fourth-order valence-electron chi connectivity index (χ4n) is 3.09. The lowest BCUT2D eigenvalue weighted by Crippen LogP contribution is -2.53. The van der Waals surface area contributed by atoms with Gasteiger partial charge in [0.05, 0.1) is 0 Å². The summed E-state index contributed by atoms with van der Waals surface area (Å²) in [6.07, 6.45) is 4.22. The monoisotopic (exact) mass is 268 g/mol. The lowest BCUT2D eigenvalue weighted by molar-refractivity contribution is 0.0335. The van der Waals surface area contributed by atoms with Gasteiger partial charge in [-0.25, -0.2) is 4.79 Å². The van der Waals surface area contributed by atoms with Gasteiger partial charge in [0, 0.05) is 5.54 Å². The fourth-order valence-corrected chi connectivity index (χ4v) is 3.09. The second kappa shape index (κ2) is 4.65. The number of hydrogen-bond donors (Lipinski definition) is 1. The molecule has 0 aromatic rings. The molecular weight excluding hydrogens is 240 g/mol. The minimum absolute atomic E-state index is 0.0173. The van der Waals surface area contributed by atoms with Crippen molar-refractivity contribution in [1.82, 2.24) is 10.2 Å². The van der Waals surface area contributed by atoms with Gasteiger partial charge in [0.15, 0.2) is 0 Å². The summed E-state index contributed by atoms with van der Waals surface area (Å²) in [6.45, 7) is 10.3. The third kappa shape index (κ3) is 3.22. The highest BCUT2D eigenvalue weighted by molar-refractivity contribution is 5.69. The Hall–Kier alpha value is -0.770. The maximum absolute atomic E-state index is 12.0. The van der Waals surface area contributed by atoms with Gasteiger partial charge in [-0.1, -0.05) is 6.92 Å². The van der Waals surface area contributed by atoms with Crippen LogP contribution in [0.2, 0.25) is 0 Å². The molecule has 4 heteroatoms. The second-order valence-corrected chi connectivity index (χ2v) is 7.57. The number of hydrogen-bond acceptors (Lipinski definition) is 3. The molecule has 0 atom stereocenters. The van der Waals surface area contributed by atoms with E-state index in [1.807, 2.05) is 20.8 Å². The van der Waals surface area contributed by atoms with Crippen LogP contribution in [-0.2, 0) is 4.74 Å². The first-order valence-electron chi connectivity index (χ1n) is 7.36. The van der Waals surface area contributed by atoms with Gasteiger partial charge < -0.3 is 15.0 Å². The van der Waals surface area contributed by atoms with E-state index in [0.29, 0.717) is 0 Å². The molecule has 2 fully saturated rings. The molecule has 1 saturated carbocycles. The van der Waals surface area contributed by atoms with Gasteiger partial charge in [0.2, 0.25) is 0 Å². The number of carbonyl (C=O) groups is 1. The number of piperidine rings is 1. The van der Waals surface area contributed by atoms with Gasteiger partial charge in [-0.15, -0.1) is 0 Å². The summed E-state index contributed by atoms with van der Waals surface area (Å²) in [6, 6.07) is 0. The molecule has 0 radical (unpaired) electrons. The van der Waals surface area contributed by atoms with Crippen molar-refractivity contribution in [2.75, 3.05) is 20.1 Å². The van der Waals surface area contributed by atoms with Crippen LogP contribution < -0.4 is 5.32 Å². The van der Waals surface area contributed by atoms with Crippen molar-refractivity contribution in [2.24, 2.45) is 5.41 Å². The molecular formula is C15H28N2O2. The van der Waals surface area contributed by atoms with Crippen molar-refractivity contribution >= 4 is 6.09 Å². The molecule has 1 N–H and O–H groups in total. The van der Waals surface area contributed by atoms with Crippen LogP contribution in [0.1, 0.15) is 53.4 Å². The van der Waals surface area contributed by atoms with Gasteiger partial charge in [0.1, 0.15) is 5.60 Å². The molecule has 1 saturated heterocycles. The van der Waals surface area contributed by atoms with Crippen LogP contribution >= 0.6 is 0 Å². The maximum atomic E-state index is 12.0. The molecule has 0 spiro atoms. The van der Waals surface area contributed by atoms with E-state index in [1.54, 1.807) is 0 Å². The Morgan fingerprint density at radius 1 is 1.16 bits per heavy atom. The molecule has 1 aliphatic carbocycles. The Morgan fingerprint density at radius 3 is 2.11 bits per heavy atom. The highest BCUT2D eigenvalue weighted by Crippen LogP contribution is 2.55. The minimum atomic E-state index is -0.423. The van der Waals surface area contributed by atoms with E-state index in [4.69, 9.17) is 4.74 Å². The zero-order valence-corrected chi connectivity index (χ0v) is 13.0. The topological polar surface area (TPSA) is 41.6 Å². The first kappa shape index (κ1) is 14.6. The summed E-state index contributed by atoms with van der Waals surface area (Å²) in [4.78, 5) is 14.4. The van der Waals surface area contributed by atoms with Crippen molar-refractivity contribution in [3.63, 3.8) is 0 Å². The Bertz CT molecular complexity index is 348. The van der Waals surface area contributed by atoms with Crippen LogP contribution in [-0.4, -0.2) is 42.3 Å². The highest BCUT2D eigenvalue weighted by atomic mass is 16.6. The molecule has 110 valence electrons. The van der Waals surface area contributed by atoms with Crippen molar-refractivity contribution in [1.29, 1.82) is 0 Å². The van der Waals surface area contributed by atoms with E-state index < -0.39 is 5.60 Å². The van der Waals surface area contributed by atoms with Crippen molar-refractivity contribution in [3.8, 4) is 0 Å². The minimum Gasteiger partial charge on any atom is -0.444 e. The third-order valence-electron chi connectivity index (χ3n) is 4.74. The molecule has 2 aliphatic rings. The lowest BCUT2D eigenvalue weighted by Gasteiger charge is -2.44. The fraction of sp³-hybridized carbons (Fsp3) is 0.933. The smallest absolute Gasteiger partial charge is 0.408 e. The first-order valence-corrected chi connectivity index (χ1v) is 7.36. The predicted molar refractivity (Wildman–Crippen MR) is 76.2 cm³/mol. The van der Waals surface area contributed by atoms with Crippen LogP contribution in [0.5, 0.6) is 0 Å². The van der Waals surface area contributed by atoms with E-state index in [9.17, 15) is 4.79 Å². The summed E-state index contributed by atoms with van der Waals surface area (Å²) in [7, 11) is 2.17. The molecule has 1 aliphatic heterocycles. The molecule has 1 amide bonds. The number of ether oxygens (including phenoxy) is 1. The molecule has 4 nitrogen and oxygen atoms in total. The number of alkyl carbamates (subject to hydrolysis) is 1. The van der Waals surface area contributed by atoms with Gasteiger partial charge in [-0.05, 0) is 72.0 Å². The number of rotatable bonds is 2. The van der Waals surface area contributed by atoms with Crippen molar-refractivity contribution in [2.45, 2.75) is 64.5 Å². The van der Waals surface area contributed by atoms with Crippen molar-refractivity contribution < 1.29 is 9.53 Å². The zero-order valence-electron chi connectivity index (χ0n) is 13.0. The highest BCUT2D eigenvalue weighted by Gasteiger charge is 2.58. The molecule has 1 heterocycles. The van der Waals surface area contributed by atoms with Crippen LogP contribution in [0.4, 0.5) is 4.79 Å². The van der Waals surface area contributed by atoms with E-state index >= 15 is 0 Å². The summed E-state index contributed by atoms with van der Waals surface area (Å²) < 4.78 is 5.41. The molecule has 0 aromatic heterocycles. The zero-order chi connectivity index (χ0) is 14.3. The molecule has 0 unspecified atom stereocenters. The number of carbonyl (C=O) groups excluding carboxylic acids is 1. The van der Waals surface area contributed by atoms with Crippen LogP contribution in [0.25, 0.3) is 0 Å². The third-order valence-corrected chi connectivity index (χ3v) is 4.74. The Balaban J connectivity index is 1.97.